The molecule has 0 saturated carbocycles. The highest BCUT2D eigenvalue weighted by atomic mass is 79.9. The number of rotatable bonds is 2. The number of ether oxygens (including phenoxy) is 1. The fraction of sp³-hybridized carbons (Fsp3) is 0.167. The van der Waals surface area contributed by atoms with Crippen LogP contribution in [0.25, 0.3) is 0 Å². The number of aryl methyl sites for hydroxylation is 2. The van der Waals surface area contributed by atoms with Gasteiger partial charge in [0.25, 0.3) is 0 Å². The summed E-state index contributed by atoms with van der Waals surface area (Å²) in [6.07, 6.45) is 1.62. The summed E-state index contributed by atoms with van der Waals surface area (Å²) in [7, 11) is 0. The van der Waals surface area contributed by atoms with Gasteiger partial charge in [-0.2, -0.15) is 5.10 Å². The molecule has 3 nitrogen and oxygen atoms in total. The first kappa shape index (κ1) is 11.1. The Morgan fingerprint density at radius 1 is 1.19 bits per heavy atom. The van der Waals surface area contributed by atoms with Gasteiger partial charge in [-0.05, 0) is 43.2 Å². The average Bonchev–Trinajstić information content (AvgIpc) is 2.27. The van der Waals surface area contributed by atoms with Gasteiger partial charge in [0.2, 0.25) is 5.88 Å². The summed E-state index contributed by atoms with van der Waals surface area (Å²) in [5.74, 6) is 1.28. The summed E-state index contributed by atoms with van der Waals surface area (Å²) in [5.41, 5.74) is 2.28. The predicted octanol–water partition coefficient (Wildman–Crippen LogP) is 3.65. The SMILES string of the molecule is Cc1cc(Oc2cccnn2)cc(C)c1Br. The van der Waals surface area contributed by atoms with Crippen LogP contribution in [0.4, 0.5) is 0 Å². The largest absolute Gasteiger partial charge is 0.438 e. The molecule has 16 heavy (non-hydrogen) atoms. The standard InChI is InChI=1S/C12H11BrN2O/c1-8-6-10(7-9(2)12(8)13)16-11-4-3-5-14-15-11/h3-7H,1-2H3. The first-order chi connectivity index (χ1) is 7.66. The number of hydrogen-bond donors (Lipinski definition) is 0. The molecule has 2 rings (SSSR count). The lowest BCUT2D eigenvalue weighted by molar-refractivity contribution is 0.454. The monoisotopic (exact) mass is 278 g/mol. The van der Waals surface area contributed by atoms with Crippen molar-refractivity contribution in [2.24, 2.45) is 0 Å². The van der Waals surface area contributed by atoms with Crippen molar-refractivity contribution in [2.75, 3.05) is 0 Å². The third-order valence-electron chi connectivity index (χ3n) is 2.18. The van der Waals surface area contributed by atoms with Crippen LogP contribution in [0.3, 0.4) is 0 Å². The number of aromatic nitrogens is 2. The van der Waals surface area contributed by atoms with Crippen LogP contribution in [0, 0.1) is 13.8 Å². The van der Waals surface area contributed by atoms with E-state index in [9.17, 15) is 0 Å². The number of halogens is 1. The summed E-state index contributed by atoms with van der Waals surface area (Å²) >= 11 is 3.52. The maximum Gasteiger partial charge on any atom is 0.238 e. The first-order valence-corrected chi connectivity index (χ1v) is 5.68. The zero-order valence-electron chi connectivity index (χ0n) is 9.07. The van der Waals surface area contributed by atoms with Crippen LogP contribution >= 0.6 is 15.9 Å². The van der Waals surface area contributed by atoms with E-state index < -0.39 is 0 Å². The van der Waals surface area contributed by atoms with Gasteiger partial charge in [-0.25, -0.2) is 0 Å². The second-order valence-electron chi connectivity index (χ2n) is 3.54. The molecule has 82 valence electrons. The van der Waals surface area contributed by atoms with Crippen molar-refractivity contribution in [3.8, 4) is 11.6 Å². The van der Waals surface area contributed by atoms with Crippen molar-refractivity contribution in [1.82, 2.24) is 10.2 Å². The van der Waals surface area contributed by atoms with Crippen LogP contribution in [-0.4, -0.2) is 10.2 Å². The Balaban J connectivity index is 2.29. The molecule has 0 radical (unpaired) electrons. The minimum absolute atomic E-state index is 0.503. The van der Waals surface area contributed by atoms with E-state index in [1.165, 1.54) is 0 Å². The lowest BCUT2D eigenvalue weighted by Crippen LogP contribution is -1.91. The second kappa shape index (κ2) is 4.61. The molecule has 0 spiro atoms. The van der Waals surface area contributed by atoms with E-state index in [1.54, 1.807) is 18.3 Å². The maximum atomic E-state index is 5.60. The number of hydrogen-bond acceptors (Lipinski definition) is 3. The summed E-state index contributed by atoms with van der Waals surface area (Å²) in [6, 6.07) is 7.50. The van der Waals surface area contributed by atoms with Crippen LogP contribution in [-0.2, 0) is 0 Å². The van der Waals surface area contributed by atoms with E-state index >= 15 is 0 Å². The van der Waals surface area contributed by atoms with Crippen molar-refractivity contribution in [3.05, 3.63) is 46.1 Å². The van der Waals surface area contributed by atoms with Gasteiger partial charge in [0, 0.05) is 16.7 Å². The molecule has 0 aliphatic rings. The molecule has 0 N–H and O–H groups in total. The second-order valence-corrected chi connectivity index (χ2v) is 4.33. The van der Waals surface area contributed by atoms with Gasteiger partial charge in [-0.15, -0.1) is 5.10 Å². The average molecular weight is 279 g/mol. The van der Waals surface area contributed by atoms with Gasteiger partial charge < -0.3 is 4.74 Å². The molecule has 1 aromatic heterocycles. The summed E-state index contributed by atoms with van der Waals surface area (Å²) in [4.78, 5) is 0. The maximum absolute atomic E-state index is 5.60. The molecule has 4 heteroatoms. The van der Waals surface area contributed by atoms with E-state index in [1.807, 2.05) is 26.0 Å². The minimum atomic E-state index is 0.503. The van der Waals surface area contributed by atoms with Crippen molar-refractivity contribution >= 4 is 15.9 Å². The topological polar surface area (TPSA) is 35.0 Å². The van der Waals surface area contributed by atoms with Crippen LogP contribution in [0.1, 0.15) is 11.1 Å². The highest BCUT2D eigenvalue weighted by Gasteiger charge is 2.04. The van der Waals surface area contributed by atoms with Crippen LogP contribution in [0.2, 0.25) is 0 Å². The molecule has 1 heterocycles. The lowest BCUT2D eigenvalue weighted by Gasteiger charge is -2.08. The van der Waals surface area contributed by atoms with E-state index in [-0.39, 0.29) is 0 Å². The van der Waals surface area contributed by atoms with Gasteiger partial charge in [-0.1, -0.05) is 15.9 Å². The number of nitrogens with zero attached hydrogens (tertiary/aromatic N) is 2. The Bertz CT molecular complexity index is 477. The van der Waals surface area contributed by atoms with Crippen molar-refractivity contribution in [1.29, 1.82) is 0 Å². The normalized spacial score (nSPS) is 10.2. The zero-order chi connectivity index (χ0) is 11.5. The fourth-order valence-corrected chi connectivity index (χ4v) is 1.66. The molecule has 2 aromatic rings. The molecule has 1 aromatic carbocycles. The van der Waals surface area contributed by atoms with Gasteiger partial charge in [-0.3, -0.25) is 0 Å². The van der Waals surface area contributed by atoms with Crippen LogP contribution in [0.15, 0.2) is 34.9 Å². The summed E-state index contributed by atoms with van der Waals surface area (Å²) in [5, 5.41) is 7.63. The van der Waals surface area contributed by atoms with Crippen molar-refractivity contribution in [3.63, 3.8) is 0 Å². The van der Waals surface area contributed by atoms with Gasteiger partial charge >= 0.3 is 0 Å². The Labute approximate surface area is 103 Å². The Morgan fingerprint density at radius 2 is 1.88 bits per heavy atom. The highest BCUT2D eigenvalue weighted by molar-refractivity contribution is 9.10. The Morgan fingerprint density at radius 3 is 2.44 bits per heavy atom. The third-order valence-corrected chi connectivity index (χ3v) is 3.43. The Hall–Kier alpha value is -1.42. The highest BCUT2D eigenvalue weighted by Crippen LogP contribution is 2.28. The molecule has 0 aliphatic heterocycles. The van der Waals surface area contributed by atoms with Gasteiger partial charge in [0.05, 0.1) is 0 Å². The number of benzene rings is 1. The van der Waals surface area contributed by atoms with Crippen molar-refractivity contribution < 1.29 is 4.74 Å². The summed E-state index contributed by atoms with van der Waals surface area (Å²) in [6.45, 7) is 4.06. The molecule has 0 bridgehead atoms. The van der Waals surface area contributed by atoms with Crippen LogP contribution in [0.5, 0.6) is 11.6 Å². The van der Waals surface area contributed by atoms with E-state index in [0.29, 0.717) is 5.88 Å². The lowest BCUT2D eigenvalue weighted by atomic mass is 10.1. The third kappa shape index (κ3) is 2.39. The minimum Gasteiger partial charge on any atom is -0.438 e. The summed E-state index contributed by atoms with van der Waals surface area (Å²) < 4.78 is 6.71. The quantitative estimate of drug-likeness (QED) is 0.841. The van der Waals surface area contributed by atoms with Crippen LogP contribution < -0.4 is 4.74 Å². The molecular weight excluding hydrogens is 268 g/mol. The van der Waals surface area contributed by atoms with Gasteiger partial charge in [0.15, 0.2) is 0 Å². The van der Waals surface area contributed by atoms with E-state index in [4.69, 9.17) is 4.74 Å². The van der Waals surface area contributed by atoms with Gasteiger partial charge in [0.1, 0.15) is 5.75 Å². The molecule has 0 saturated heterocycles. The smallest absolute Gasteiger partial charge is 0.238 e. The molecule has 0 unspecified atom stereocenters. The zero-order valence-corrected chi connectivity index (χ0v) is 10.7. The van der Waals surface area contributed by atoms with E-state index in [0.717, 1.165) is 21.3 Å². The Kier molecular flexibility index (Phi) is 3.19. The fourth-order valence-electron chi connectivity index (χ4n) is 1.43. The molecule has 0 aliphatic carbocycles. The van der Waals surface area contributed by atoms with E-state index in [2.05, 4.69) is 26.1 Å². The van der Waals surface area contributed by atoms with Crippen molar-refractivity contribution in [2.45, 2.75) is 13.8 Å². The molecular formula is C12H11BrN2O. The predicted molar refractivity (Wildman–Crippen MR) is 65.7 cm³/mol. The molecule has 0 amide bonds. The molecule has 0 fully saturated rings. The molecule has 0 atom stereocenters. The first-order valence-electron chi connectivity index (χ1n) is 4.89.